The summed E-state index contributed by atoms with van der Waals surface area (Å²) in [6.45, 7) is 0. The Balaban J connectivity index is 2.33. The third-order valence-electron chi connectivity index (χ3n) is 1.71. The lowest BCUT2D eigenvalue weighted by Crippen LogP contribution is -2.06. The number of nitrogens with zero attached hydrogens (tertiary/aromatic N) is 2. The van der Waals surface area contributed by atoms with E-state index in [9.17, 15) is 13.5 Å². The molecule has 0 aliphatic heterocycles. The quantitative estimate of drug-likeness (QED) is 0.800. The molecule has 80 valence electrons. The van der Waals surface area contributed by atoms with Gasteiger partial charge in [0.2, 0.25) is 0 Å². The van der Waals surface area contributed by atoms with E-state index in [4.69, 9.17) is 0 Å². The highest BCUT2D eigenvalue weighted by Crippen LogP contribution is 2.16. The van der Waals surface area contributed by atoms with E-state index in [2.05, 4.69) is 9.59 Å². The van der Waals surface area contributed by atoms with Crippen LogP contribution in [-0.2, 0) is 9.84 Å². The van der Waals surface area contributed by atoms with Gasteiger partial charge in [0, 0.05) is 17.4 Å². The monoisotopic (exact) mass is 236 g/mol. The topological polar surface area (TPSA) is 80.2 Å². The van der Waals surface area contributed by atoms with Gasteiger partial charge in [0.1, 0.15) is 15.5 Å². The molecule has 0 saturated carbocycles. The van der Waals surface area contributed by atoms with E-state index in [1.165, 1.54) is 17.8 Å². The first-order valence-electron chi connectivity index (χ1n) is 4.12. The summed E-state index contributed by atoms with van der Waals surface area (Å²) in [5, 5.41) is 14.9. The average Bonchev–Trinajstić information content (AvgIpc) is 2.53. The molecule has 0 radical (unpaired) electrons. The standard InChI is InChI=1S/C7H12N2O3S2/c1-14(11,12)4-2-3-7(10)6-5-13-9-8-6/h5,7,10H,2-4H2,1H3. The van der Waals surface area contributed by atoms with Crippen molar-refractivity contribution in [3.8, 4) is 0 Å². The number of sulfone groups is 1. The third-order valence-corrected chi connectivity index (χ3v) is 3.26. The molecular weight excluding hydrogens is 224 g/mol. The summed E-state index contributed by atoms with van der Waals surface area (Å²) in [5.74, 6) is 0.0988. The predicted molar refractivity (Wildman–Crippen MR) is 53.8 cm³/mol. The SMILES string of the molecule is CS(=O)(=O)CCCC(O)c1csnn1. The van der Waals surface area contributed by atoms with Crippen molar-refractivity contribution >= 4 is 21.4 Å². The molecule has 1 rings (SSSR count). The Labute approximate surface area is 86.9 Å². The summed E-state index contributed by atoms with van der Waals surface area (Å²) in [6, 6.07) is 0. The van der Waals surface area contributed by atoms with Crippen molar-refractivity contribution in [2.45, 2.75) is 18.9 Å². The van der Waals surface area contributed by atoms with Crippen molar-refractivity contribution in [1.29, 1.82) is 0 Å². The maximum Gasteiger partial charge on any atom is 0.147 e. The molecule has 0 amide bonds. The molecule has 1 unspecified atom stereocenters. The molecule has 5 nitrogen and oxygen atoms in total. The van der Waals surface area contributed by atoms with Gasteiger partial charge in [0.15, 0.2) is 0 Å². The summed E-state index contributed by atoms with van der Waals surface area (Å²) in [4.78, 5) is 0. The van der Waals surface area contributed by atoms with Gasteiger partial charge in [0.25, 0.3) is 0 Å². The average molecular weight is 236 g/mol. The zero-order chi connectivity index (χ0) is 10.6. The minimum Gasteiger partial charge on any atom is -0.387 e. The van der Waals surface area contributed by atoms with Crippen LogP contribution >= 0.6 is 11.5 Å². The predicted octanol–water partition coefficient (Wildman–Crippen LogP) is 0.396. The highest BCUT2D eigenvalue weighted by molar-refractivity contribution is 7.90. The molecule has 1 aromatic rings. The van der Waals surface area contributed by atoms with Crippen molar-refractivity contribution < 1.29 is 13.5 Å². The normalized spacial score (nSPS) is 14.1. The van der Waals surface area contributed by atoms with E-state index in [0.29, 0.717) is 18.5 Å². The van der Waals surface area contributed by atoms with Crippen LogP contribution in [0.25, 0.3) is 0 Å². The molecule has 14 heavy (non-hydrogen) atoms. The lowest BCUT2D eigenvalue weighted by molar-refractivity contribution is 0.162. The largest absolute Gasteiger partial charge is 0.387 e. The third kappa shape index (κ3) is 4.12. The second-order valence-electron chi connectivity index (χ2n) is 3.12. The molecular formula is C7H12N2O3S2. The van der Waals surface area contributed by atoms with Gasteiger partial charge >= 0.3 is 0 Å². The first-order valence-corrected chi connectivity index (χ1v) is 7.01. The van der Waals surface area contributed by atoms with E-state index in [1.807, 2.05) is 0 Å². The van der Waals surface area contributed by atoms with Crippen molar-refractivity contribution in [1.82, 2.24) is 9.59 Å². The van der Waals surface area contributed by atoms with Crippen LogP contribution in [0.15, 0.2) is 5.38 Å². The highest BCUT2D eigenvalue weighted by Gasteiger charge is 2.11. The van der Waals surface area contributed by atoms with Gasteiger partial charge in [-0.1, -0.05) is 4.49 Å². The van der Waals surface area contributed by atoms with Crippen molar-refractivity contribution in [3.63, 3.8) is 0 Å². The van der Waals surface area contributed by atoms with Crippen LogP contribution in [0.5, 0.6) is 0 Å². The number of rotatable bonds is 5. The van der Waals surface area contributed by atoms with Gasteiger partial charge in [0.05, 0.1) is 6.10 Å². The van der Waals surface area contributed by atoms with E-state index < -0.39 is 15.9 Å². The second-order valence-corrected chi connectivity index (χ2v) is 5.99. The van der Waals surface area contributed by atoms with Crippen molar-refractivity contribution in [2.24, 2.45) is 0 Å². The molecule has 0 aliphatic rings. The summed E-state index contributed by atoms with van der Waals surface area (Å²) in [6.07, 6.45) is 1.33. The van der Waals surface area contributed by atoms with Gasteiger partial charge in [-0.25, -0.2) is 8.42 Å². The fourth-order valence-electron chi connectivity index (χ4n) is 1.00. The Morgan fingerprint density at radius 2 is 2.36 bits per heavy atom. The van der Waals surface area contributed by atoms with Gasteiger partial charge < -0.3 is 5.11 Å². The molecule has 0 saturated heterocycles. The molecule has 0 fully saturated rings. The highest BCUT2D eigenvalue weighted by atomic mass is 32.2. The Bertz CT molecular complexity index is 360. The van der Waals surface area contributed by atoms with Crippen LogP contribution in [0.1, 0.15) is 24.6 Å². The molecule has 0 bridgehead atoms. The molecule has 1 aromatic heterocycles. The van der Waals surface area contributed by atoms with E-state index >= 15 is 0 Å². The Morgan fingerprint density at radius 3 is 2.86 bits per heavy atom. The van der Waals surface area contributed by atoms with Crippen molar-refractivity contribution in [2.75, 3.05) is 12.0 Å². The molecule has 1 atom stereocenters. The molecule has 7 heteroatoms. The minimum absolute atomic E-state index is 0.0988. The van der Waals surface area contributed by atoms with Gasteiger partial charge in [-0.2, -0.15) is 0 Å². The van der Waals surface area contributed by atoms with Gasteiger partial charge in [-0.3, -0.25) is 0 Å². The van der Waals surface area contributed by atoms with E-state index in [-0.39, 0.29) is 5.75 Å². The Kier molecular flexibility index (Phi) is 3.97. The van der Waals surface area contributed by atoms with E-state index in [0.717, 1.165) is 0 Å². The fourth-order valence-corrected chi connectivity index (χ4v) is 2.20. The fraction of sp³-hybridized carbons (Fsp3) is 0.714. The smallest absolute Gasteiger partial charge is 0.147 e. The van der Waals surface area contributed by atoms with Crippen LogP contribution in [0.2, 0.25) is 0 Å². The van der Waals surface area contributed by atoms with Gasteiger partial charge in [-0.15, -0.1) is 5.10 Å². The first-order chi connectivity index (χ1) is 6.49. The Hall–Kier alpha value is -0.530. The van der Waals surface area contributed by atoms with Crippen LogP contribution in [0.3, 0.4) is 0 Å². The van der Waals surface area contributed by atoms with Crippen LogP contribution in [-0.4, -0.2) is 35.1 Å². The first kappa shape index (κ1) is 11.5. The summed E-state index contributed by atoms with van der Waals surface area (Å²) in [5.41, 5.74) is 0.517. The van der Waals surface area contributed by atoms with Crippen LogP contribution in [0, 0.1) is 0 Å². The lowest BCUT2D eigenvalue weighted by atomic mass is 10.2. The molecule has 0 aromatic carbocycles. The maximum absolute atomic E-state index is 10.8. The van der Waals surface area contributed by atoms with E-state index in [1.54, 1.807) is 5.38 Å². The molecule has 0 aliphatic carbocycles. The summed E-state index contributed by atoms with van der Waals surface area (Å²) < 4.78 is 25.2. The Morgan fingerprint density at radius 1 is 1.64 bits per heavy atom. The zero-order valence-electron chi connectivity index (χ0n) is 7.75. The van der Waals surface area contributed by atoms with Gasteiger partial charge in [-0.05, 0) is 24.4 Å². The maximum atomic E-state index is 10.8. The molecule has 1 heterocycles. The number of hydrogen-bond acceptors (Lipinski definition) is 6. The number of hydrogen-bond donors (Lipinski definition) is 1. The number of aromatic nitrogens is 2. The van der Waals surface area contributed by atoms with Crippen molar-refractivity contribution in [3.05, 3.63) is 11.1 Å². The lowest BCUT2D eigenvalue weighted by Gasteiger charge is -2.05. The number of aliphatic hydroxyl groups is 1. The zero-order valence-corrected chi connectivity index (χ0v) is 9.38. The van der Waals surface area contributed by atoms with Crippen LogP contribution < -0.4 is 0 Å². The minimum atomic E-state index is -2.93. The molecule has 1 N–H and O–H groups in total. The molecule has 0 spiro atoms. The summed E-state index contributed by atoms with van der Waals surface area (Å²) >= 11 is 1.17. The number of aliphatic hydroxyl groups excluding tert-OH is 1. The summed E-state index contributed by atoms with van der Waals surface area (Å²) in [7, 11) is -2.93. The van der Waals surface area contributed by atoms with Crippen LogP contribution in [0.4, 0.5) is 0 Å². The second kappa shape index (κ2) is 4.81.